The van der Waals surface area contributed by atoms with Crippen molar-refractivity contribution in [3.8, 4) is 5.88 Å². The summed E-state index contributed by atoms with van der Waals surface area (Å²) in [7, 11) is 2.91. The minimum Gasteiger partial charge on any atom is -0.481 e. The fourth-order valence-corrected chi connectivity index (χ4v) is 1.77. The standard InChI is InChI=1S/C11H10ClN5O4/c1-16-5-6(17(19)20)3-7(16)10(18)15-11-13-8(12)4-9(14-11)21-2/h3-5H,1-2H3,(H,13,14,15,18). The number of carbonyl (C=O) groups excluding carboxylic acids is 1. The lowest BCUT2D eigenvalue weighted by atomic mass is 10.4. The summed E-state index contributed by atoms with van der Waals surface area (Å²) < 4.78 is 6.23. The van der Waals surface area contributed by atoms with Gasteiger partial charge in [0.25, 0.3) is 11.6 Å². The molecule has 0 aromatic carbocycles. The summed E-state index contributed by atoms with van der Waals surface area (Å²) in [6.07, 6.45) is 1.23. The van der Waals surface area contributed by atoms with Gasteiger partial charge in [-0.3, -0.25) is 20.2 Å². The van der Waals surface area contributed by atoms with E-state index in [0.717, 1.165) is 6.07 Å². The number of hydrogen-bond acceptors (Lipinski definition) is 6. The van der Waals surface area contributed by atoms with Gasteiger partial charge in [0.05, 0.1) is 18.2 Å². The van der Waals surface area contributed by atoms with Crippen LogP contribution in [0.1, 0.15) is 10.5 Å². The van der Waals surface area contributed by atoms with E-state index in [1.54, 1.807) is 0 Å². The molecule has 0 saturated carbocycles. The van der Waals surface area contributed by atoms with E-state index in [-0.39, 0.29) is 28.4 Å². The number of nitrogens with one attached hydrogen (secondary N) is 1. The Bertz CT molecular complexity index is 715. The first-order chi connectivity index (χ1) is 9.90. The van der Waals surface area contributed by atoms with Crippen LogP contribution in [-0.4, -0.2) is 32.5 Å². The zero-order valence-electron chi connectivity index (χ0n) is 11.0. The maximum absolute atomic E-state index is 12.1. The van der Waals surface area contributed by atoms with Crippen molar-refractivity contribution in [2.75, 3.05) is 12.4 Å². The smallest absolute Gasteiger partial charge is 0.287 e. The number of hydrogen-bond donors (Lipinski definition) is 1. The van der Waals surface area contributed by atoms with Crippen LogP contribution >= 0.6 is 11.6 Å². The average Bonchev–Trinajstić information content (AvgIpc) is 2.80. The third kappa shape index (κ3) is 3.26. The predicted octanol–water partition coefficient (Wildman–Crippen LogP) is 1.64. The quantitative estimate of drug-likeness (QED) is 0.522. The van der Waals surface area contributed by atoms with Gasteiger partial charge in [-0.25, -0.2) is 4.98 Å². The first-order valence-corrected chi connectivity index (χ1v) is 5.99. The molecule has 2 aromatic rings. The third-order valence-corrected chi connectivity index (χ3v) is 2.73. The van der Waals surface area contributed by atoms with Crippen LogP contribution in [0.4, 0.5) is 11.6 Å². The van der Waals surface area contributed by atoms with E-state index in [1.165, 1.54) is 31.0 Å². The zero-order valence-corrected chi connectivity index (χ0v) is 11.8. The average molecular weight is 312 g/mol. The normalized spacial score (nSPS) is 10.2. The van der Waals surface area contributed by atoms with Crippen LogP contribution in [-0.2, 0) is 7.05 Å². The van der Waals surface area contributed by atoms with E-state index in [9.17, 15) is 14.9 Å². The molecule has 0 saturated heterocycles. The molecule has 0 bridgehead atoms. The Hall–Kier alpha value is -2.68. The number of amides is 1. The molecule has 0 fully saturated rings. The zero-order chi connectivity index (χ0) is 15.6. The van der Waals surface area contributed by atoms with Gasteiger partial charge in [-0.2, -0.15) is 4.98 Å². The van der Waals surface area contributed by atoms with Crippen molar-refractivity contribution in [3.63, 3.8) is 0 Å². The highest BCUT2D eigenvalue weighted by Crippen LogP contribution is 2.18. The van der Waals surface area contributed by atoms with Crippen LogP contribution in [0.2, 0.25) is 5.15 Å². The van der Waals surface area contributed by atoms with Crippen molar-refractivity contribution in [2.45, 2.75) is 0 Å². The largest absolute Gasteiger partial charge is 0.481 e. The van der Waals surface area contributed by atoms with Gasteiger partial charge in [0.15, 0.2) is 0 Å². The molecule has 0 aliphatic carbocycles. The number of anilines is 1. The maximum atomic E-state index is 12.1. The SMILES string of the molecule is COc1cc(Cl)nc(NC(=O)c2cc([N+](=O)[O-])cn2C)n1. The maximum Gasteiger partial charge on any atom is 0.287 e. The van der Waals surface area contributed by atoms with Crippen LogP contribution in [0.25, 0.3) is 0 Å². The van der Waals surface area contributed by atoms with E-state index in [0.29, 0.717) is 0 Å². The van der Waals surface area contributed by atoms with Crippen molar-refractivity contribution in [1.82, 2.24) is 14.5 Å². The Morgan fingerprint density at radius 1 is 1.48 bits per heavy atom. The second-order valence-corrected chi connectivity index (χ2v) is 4.35. The summed E-state index contributed by atoms with van der Waals surface area (Å²) in [5.74, 6) is -0.480. The summed E-state index contributed by atoms with van der Waals surface area (Å²) in [6.45, 7) is 0. The fourth-order valence-electron chi connectivity index (χ4n) is 1.60. The van der Waals surface area contributed by atoms with Gasteiger partial charge >= 0.3 is 0 Å². The lowest BCUT2D eigenvalue weighted by molar-refractivity contribution is -0.384. The summed E-state index contributed by atoms with van der Waals surface area (Å²) in [5, 5.41) is 13.2. The molecule has 0 radical (unpaired) electrons. The van der Waals surface area contributed by atoms with Crippen molar-refractivity contribution < 1.29 is 14.5 Å². The van der Waals surface area contributed by atoms with E-state index < -0.39 is 10.8 Å². The lowest BCUT2D eigenvalue weighted by Gasteiger charge is -2.06. The van der Waals surface area contributed by atoms with Gasteiger partial charge in [-0.1, -0.05) is 11.6 Å². The molecule has 1 N–H and O–H groups in total. The molecule has 21 heavy (non-hydrogen) atoms. The molecular formula is C11H10ClN5O4. The van der Waals surface area contributed by atoms with Crippen LogP contribution in [0.5, 0.6) is 5.88 Å². The van der Waals surface area contributed by atoms with Gasteiger partial charge in [0.2, 0.25) is 11.8 Å². The highest BCUT2D eigenvalue weighted by molar-refractivity contribution is 6.29. The van der Waals surface area contributed by atoms with E-state index in [2.05, 4.69) is 15.3 Å². The first-order valence-electron chi connectivity index (χ1n) is 5.61. The predicted molar refractivity (Wildman–Crippen MR) is 73.6 cm³/mol. The van der Waals surface area contributed by atoms with Crippen molar-refractivity contribution in [3.05, 3.63) is 39.3 Å². The van der Waals surface area contributed by atoms with Crippen LogP contribution < -0.4 is 10.1 Å². The summed E-state index contributed by atoms with van der Waals surface area (Å²) in [5.41, 5.74) is -0.100. The molecule has 0 aliphatic heterocycles. The Labute approximate surface area is 123 Å². The van der Waals surface area contributed by atoms with Gasteiger partial charge in [0, 0.05) is 19.2 Å². The highest BCUT2D eigenvalue weighted by Gasteiger charge is 2.18. The molecule has 0 aliphatic rings. The van der Waals surface area contributed by atoms with E-state index in [1.807, 2.05) is 0 Å². The number of aromatic nitrogens is 3. The molecule has 10 heteroatoms. The molecule has 0 atom stereocenters. The number of aryl methyl sites for hydroxylation is 1. The minimum atomic E-state index is -0.602. The molecule has 1 amide bonds. The molecular weight excluding hydrogens is 302 g/mol. The molecule has 9 nitrogen and oxygen atoms in total. The Morgan fingerprint density at radius 2 is 2.19 bits per heavy atom. The summed E-state index contributed by atoms with van der Waals surface area (Å²) >= 11 is 5.76. The van der Waals surface area contributed by atoms with Crippen molar-refractivity contribution in [1.29, 1.82) is 0 Å². The number of nitrogens with zero attached hydrogens (tertiary/aromatic N) is 4. The van der Waals surface area contributed by atoms with Crippen LogP contribution in [0.15, 0.2) is 18.3 Å². The second kappa shape index (κ2) is 5.75. The number of rotatable bonds is 4. The molecule has 110 valence electrons. The van der Waals surface area contributed by atoms with Gasteiger partial charge in [-0.15, -0.1) is 0 Å². The number of carbonyl (C=O) groups is 1. The van der Waals surface area contributed by atoms with Gasteiger partial charge < -0.3 is 9.30 Å². The summed E-state index contributed by atoms with van der Waals surface area (Å²) in [4.78, 5) is 29.9. The number of nitro groups is 1. The molecule has 2 aromatic heterocycles. The van der Waals surface area contributed by atoms with Crippen molar-refractivity contribution >= 4 is 29.1 Å². The topological polar surface area (TPSA) is 112 Å². The van der Waals surface area contributed by atoms with E-state index in [4.69, 9.17) is 16.3 Å². The van der Waals surface area contributed by atoms with Crippen LogP contribution in [0.3, 0.4) is 0 Å². The third-order valence-electron chi connectivity index (χ3n) is 2.54. The fraction of sp³-hybridized carbons (Fsp3) is 0.182. The van der Waals surface area contributed by atoms with Crippen molar-refractivity contribution in [2.24, 2.45) is 7.05 Å². The number of halogens is 1. The Kier molecular flexibility index (Phi) is 4.03. The molecule has 0 spiro atoms. The molecule has 2 heterocycles. The summed E-state index contributed by atoms with van der Waals surface area (Å²) in [6, 6.07) is 2.53. The second-order valence-electron chi connectivity index (χ2n) is 3.96. The van der Waals surface area contributed by atoms with E-state index >= 15 is 0 Å². The number of methoxy groups -OCH3 is 1. The Balaban J connectivity index is 2.25. The first kappa shape index (κ1) is 14.7. The lowest BCUT2D eigenvalue weighted by Crippen LogP contribution is -2.17. The van der Waals surface area contributed by atoms with Crippen LogP contribution in [0, 0.1) is 10.1 Å². The van der Waals surface area contributed by atoms with Gasteiger partial charge in [0.1, 0.15) is 10.8 Å². The monoisotopic (exact) mass is 311 g/mol. The Morgan fingerprint density at radius 3 is 2.76 bits per heavy atom. The minimum absolute atomic E-state index is 0.0618. The van der Waals surface area contributed by atoms with Gasteiger partial charge in [-0.05, 0) is 0 Å². The molecule has 0 unspecified atom stereocenters. The molecule has 2 rings (SSSR count). The number of ether oxygens (including phenoxy) is 1. The highest BCUT2D eigenvalue weighted by atomic mass is 35.5.